The van der Waals surface area contributed by atoms with E-state index < -0.39 is 12.0 Å². The zero-order valence-corrected chi connectivity index (χ0v) is 6.63. The SMILES string of the molecule is NC(C=C=O)CSCC(=O)O. The number of nitrogens with two attached hydrogens (primary N) is 1. The van der Waals surface area contributed by atoms with Crippen LogP contribution >= 0.6 is 11.8 Å². The van der Waals surface area contributed by atoms with Gasteiger partial charge in [-0.1, -0.05) is 0 Å². The topological polar surface area (TPSA) is 80.4 Å². The number of carboxylic acid groups (broad SMARTS) is 1. The van der Waals surface area contributed by atoms with Crippen molar-refractivity contribution >= 4 is 23.7 Å². The largest absolute Gasteiger partial charge is 0.481 e. The fourth-order valence-electron chi connectivity index (χ4n) is 0.418. The third-order valence-corrected chi connectivity index (χ3v) is 1.89. The standard InChI is InChI=1S/C6H9NO3S/c7-5(1-2-8)3-11-4-6(9)10/h1,5H,3-4,7H2,(H,9,10). The Morgan fingerprint density at radius 3 is 2.91 bits per heavy atom. The normalized spacial score (nSPS) is 11.7. The molecule has 11 heavy (non-hydrogen) atoms. The van der Waals surface area contributed by atoms with Crippen LogP contribution < -0.4 is 5.73 Å². The second kappa shape index (κ2) is 5.97. The molecule has 0 aliphatic rings. The highest BCUT2D eigenvalue weighted by molar-refractivity contribution is 7.99. The molecule has 4 nitrogen and oxygen atoms in total. The Morgan fingerprint density at radius 2 is 2.45 bits per heavy atom. The van der Waals surface area contributed by atoms with Gasteiger partial charge in [-0.3, -0.25) is 4.79 Å². The summed E-state index contributed by atoms with van der Waals surface area (Å²) in [5, 5.41) is 8.21. The number of carbonyl (C=O) groups is 1. The molecule has 0 amide bonds. The van der Waals surface area contributed by atoms with E-state index >= 15 is 0 Å². The molecule has 0 bridgehead atoms. The van der Waals surface area contributed by atoms with Gasteiger partial charge in [-0.15, -0.1) is 11.8 Å². The number of hydrogen-bond donors (Lipinski definition) is 2. The number of carbonyl (C=O) groups excluding carboxylic acids is 1. The van der Waals surface area contributed by atoms with Crippen LogP contribution in [0.5, 0.6) is 0 Å². The molecular weight excluding hydrogens is 166 g/mol. The molecule has 62 valence electrons. The molecule has 0 aromatic heterocycles. The lowest BCUT2D eigenvalue weighted by molar-refractivity contribution is -0.133. The number of rotatable bonds is 5. The minimum atomic E-state index is -0.878. The first-order valence-electron chi connectivity index (χ1n) is 2.93. The van der Waals surface area contributed by atoms with E-state index in [0.717, 1.165) is 0 Å². The first kappa shape index (κ1) is 10.2. The van der Waals surface area contributed by atoms with Crippen molar-refractivity contribution in [3.8, 4) is 0 Å². The summed E-state index contributed by atoms with van der Waals surface area (Å²) >= 11 is 1.17. The lowest BCUT2D eigenvalue weighted by Crippen LogP contribution is -2.20. The van der Waals surface area contributed by atoms with Crippen molar-refractivity contribution in [1.29, 1.82) is 0 Å². The lowest BCUT2D eigenvalue weighted by atomic mass is 10.4. The maximum Gasteiger partial charge on any atom is 0.313 e. The summed E-state index contributed by atoms with van der Waals surface area (Å²) in [5.41, 5.74) is 5.34. The van der Waals surface area contributed by atoms with Gasteiger partial charge in [0.25, 0.3) is 0 Å². The summed E-state index contributed by atoms with van der Waals surface area (Å²) in [4.78, 5) is 19.7. The Balaban J connectivity index is 3.38. The summed E-state index contributed by atoms with van der Waals surface area (Å²) < 4.78 is 0. The van der Waals surface area contributed by atoms with E-state index in [1.807, 2.05) is 0 Å². The molecule has 5 heteroatoms. The number of aliphatic carboxylic acids is 1. The van der Waals surface area contributed by atoms with Crippen molar-refractivity contribution in [2.75, 3.05) is 11.5 Å². The van der Waals surface area contributed by atoms with Gasteiger partial charge in [0.05, 0.1) is 5.75 Å². The van der Waals surface area contributed by atoms with Crippen molar-refractivity contribution in [2.45, 2.75) is 6.04 Å². The molecule has 0 rings (SSSR count). The minimum absolute atomic E-state index is 0.0143. The van der Waals surface area contributed by atoms with Crippen molar-refractivity contribution < 1.29 is 14.7 Å². The summed E-state index contributed by atoms with van der Waals surface area (Å²) in [6.45, 7) is 0. The van der Waals surface area contributed by atoms with Gasteiger partial charge in [0.1, 0.15) is 5.94 Å². The molecule has 0 saturated heterocycles. The molecule has 0 aromatic carbocycles. The van der Waals surface area contributed by atoms with Crippen LogP contribution in [0.1, 0.15) is 0 Å². The maximum absolute atomic E-state index is 9.99. The van der Waals surface area contributed by atoms with Gasteiger partial charge in [0.2, 0.25) is 0 Å². The van der Waals surface area contributed by atoms with Crippen LogP contribution in [-0.4, -0.2) is 34.6 Å². The van der Waals surface area contributed by atoms with Crippen molar-refractivity contribution in [2.24, 2.45) is 5.73 Å². The Kier molecular flexibility index (Phi) is 5.56. The Hall–Kier alpha value is -0.770. The van der Waals surface area contributed by atoms with E-state index in [4.69, 9.17) is 10.8 Å². The van der Waals surface area contributed by atoms with Crippen molar-refractivity contribution in [3.63, 3.8) is 0 Å². The van der Waals surface area contributed by atoms with E-state index in [-0.39, 0.29) is 5.75 Å². The fraction of sp³-hybridized carbons (Fsp3) is 0.500. The Bertz CT molecular complexity index is 177. The third-order valence-electron chi connectivity index (χ3n) is 0.818. The highest BCUT2D eigenvalue weighted by atomic mass is 32.2. The first-order valence-corrected chi connectivity index (χ1v) is 4.08. The second-order valence-electron chi connectivity index (χ2n) is 1.86. The van der Waals surface area contributed by atoms with Gasteiger partial charge in [-0.05, 0) is 0 Å². The highest BCUT2D eigenvalue weighted by Gasteiger charge is 2.00. The van der Waals surface area contributed by atoms with Gasteiger partial charge in [0.15, 0.2) is 0 Å². The van der Waals surface area contributed by atoms with E-state index in [9.17, 15) is 9.59 Å². The molecule has 0 aliphatic carbocycles. The van der Waals surface area contributed by atoms with E-state index in [2.05, 4.69) is 0 Å². The molecule has 1 atom stereocenters. The molecule has 0 fully saturated rings. The van der Waals surface area contributed by atoms with E-state index in [0.29, 0.717) is 5.75 Å². The number of carboxylic acids is 1. The van der Waals surface area contributed by atoms with Crippen molar-refractivity contribution in [3.05, 3.63) is 6.08 Å². The average Bonchev–Trinajstić information content (AvgIpc) is 1.87. The Morgan fingerprint density at radius 1 is 1.82 bits per heavy atom. The molecule has 0 aromatic rings. The summed E-state index contributed by atoms with van der Waals surface area (Å²) in [7, 11) is 0. The van der Waals surface area contributed by atoms with Crippen LogP contribution in [0.3, 0.4) is 0 Å². The molecule has 3 N–H and O–H groups in total. The highest BCUT2D eigenvalue weighted by Crippen LogP contribution is 2.00. The quantitative estimate of drug-likeness (QED) is 0.551. The third kappa shape index (κ3) is 7.12. The maximum atomic E-state index is 9.99. The van der Waals surface area contributed by atoms with E-state index in [1.54, 1.807) is 5.94 Å². The minimum Gasteiger partial charge on any atom is -0.481 e. The predicted molar refractivity (Wildman–Crippen MR) is 43.2 cm³/mol. The van der Waals surface area contributed by atoms with Gasteiger partial charge in [0, 0.05) is 17.9 Å². The van der Waals surface area contributed by atoms with E-state index in [1.165, 1.54) is 17.8 Å². The monoisotopic (exact) mass is 175 g/mol. The smallest absolute Gasteiger partial charge is 0.313 e. The molecule has 0 spiro atoms. The summed E-state index contributed by atoms with van der Waals surface area (Å²) in [6, 6.07) is -0.392. The van der Waals surface area contributed by atoms with Gasteiger partial charge >= 0.3 is 5.97 Å². The molecule has 0 saturated carbocycles. The van der Waals surface area contributed by atoms with Gasteiger partial charge in [-0.2, -0.15) is 0 Å². The average molecular weight is 175 g/mol. The first-order chi connectivity index (χ1) is 5.16. The predicted octanol–water partition coefficient (Wildman–Crippen LogP) is -0.481. The number of thioether (sulfide) groups is 1. The molecular formula is C6H9NO3S. The zero-order valence-electron chi connectivity index (χ0n) is 5.82. The van der Waals surface area contributed by atoms with Gasteiger partial charge < -0.3 is 10.8 Å². The lowest BCUT2D eigenvalue weighted by Gasteiger charge is -2.00. The summed E-state index contributed by atoms with van der Waals surface area (Å²) in [6.07, 6.45) is 1.18. The van der Waals surface area contributed by atoms with Crippen LogP contribution in [0.15, 0.2) is 6.08 Å². The van der Waals surface area contributed by atoms with Crippen LogP contribution in [0.4, 0.5) is 0 Å². The van der Waals surface area contributed by atoms with Gasteiger partial charge in [-0.25, -0.2) is 4.79 Å². The fourth-order valence-corrected chi connectivity index (χ4v) is 1.08. The van der Waals surface area contributed by atoms with Crippen LogP contribution in [-0.2, 0) is 9.59 Å². The van der Waals surface area contributed by atoms with Crippen LogP contribution in [0, 0.1) is 0 Å². The molecule has 1 unspecified atom stereocenters. The Labute approximate surface area is 68.5 Å². The number of hydrogen-bond acceptors (Lipinski definition) is 4. The molecule has 0 radical (unpaired) electrons. The summed E-state index contributed by atoms with van der Waals surface area (Å²) in [5.74, 6) is 1.11. The second-order valence-corrected chi connectivity index (χ2v) is 2.89. The molecule has 0 aliphatic heterocycles. The zero-order chi connectivity index (χ0) is 8.69. The van der Waals surface area contributed by atoms with Crippen molar-refractivity contribution in [1.82, 2.24) is 0 Å². The van der Waals surface area contributed by atoms with Crippen LogP contribution in [0.25, 0.3) is 0 Å². The van der Waals surface area contributed by atoms with Crippen LogP contribution in [0.2, 0.25) is 0 Å². The molecule has 0 heterocycles.